The Morgan fingerprint density at radius 1 is 0.472 bits per heavy atom. The highest BCUT2D eigenvalue weighted by atomic mass is 35.5. The highest BCUT2D eigenvalue weighted by Gasteiger charge is 2.52. The van der Waals surface area contributed by atoms with E-state index in [-0.39, 0.29) is 58.3 Å². The number of halogens is 10. The molecule has 4 aliphatic heterocycles. The fraction of sp³-hybridized carbons (Fsp3) is 0.386. The summed E-state index contributed by atoms with van der Waals surface area (Å²) in [5.41, 5.74) is 6.27. The maximum atomic E-state index is 12.9. The number of hydrogen-bond acceptors (Lipinski definition) is 19. The van der Waals surface area contributed by atoms with Gasteiger partial charge in [0.05, 0.1) is 151 Å². The van der Waals surface area contributed by atoms with Crippen LogP contribution in [0.2, 0.25) is 5.15 Å². The molecule has 0 N–H and O–H groups in total. The molecule has 3 amide bonds. The van der Waals surface area contributed by atoms with Crippen LogP contribution in [0.5, 0.6) is 34.8 Å². The van der Waals surface area contributed by atoms with Gasteiger partial charge < -0.3 is 37.7 Å². The van der Waals surface area contributed by atoms with Crippen LogP contribution in [0.3, 0.4) is 0 Å². The van der Waals surface area contributed by atoms with Gasteiger partial charge in [0.25, 0.3) is 29.5 Å². The first kappa shape index (κ1) is 78.1. The molecular weight excluding hydrogens is 1430 g/mol. The van der Waals surface area contributed by atoms with E-state index in [0.717, 1.165) is 25.3 Å². The molecule has 4 aliphatic rings. The normalized spacial score (nSPS) is 17.0. The van der Waals surface area contributed by atoms with Crippen LogP contribution in [0.25, 0.3) is 22.5 Å². The van der Waals surface area contributed by atoms with E-state index in [2.05, 4.69) is 40.2 Å². The maximum Gasteiger partial charge on any atom is 0.494 e. The second-order valence-electron chi connectivity index (χ2n) is 25.2. The standard InChI is InChI=1S/2C21H20F3N5O3.C15H23BO4.C13H10ClF3N4O/c2*1-4-32-19-17(31-3)7-13(8-25-19)16-6-5-15-18(27-16)12(2)29(20(15)30)14-9-26-28(10-14)11-21(22,23)24;1-7-18-12-9-8-11(10-13(12)17-6)16-19-14(2,3)15(4,5)20-16;1-7-11-9(2-3-10(14)19-11)12(22)21(7)8-4-18-20(5-8)6-13(15,16)17/h2*5-10,12H,4,11H2,1-3H3;8-10H,7H2,1-6H3;2-5,7H,6H2,1H3/t2*12-;;/m10../s1. The lowest BCUT2D eigenvalue weighted by Gasteiger charge is -2.32. The smallest absolute Gasteiger partial charge is 0.493 e. The predicted molar refractivity (Wildman–Crippen MR) is 370 cm³/mol. The molecule has 1 saturated heterocycles. The molecule has 13 rings (SSSR count). The molecule has 106 heavy (non-hydrogen) atoms. The third-order valence-electron chi connectivity index (χ3n) is 17.4. The van der Waals surface area contributed by atoms with Crippen LogP contribution in [0.4, 0.5) is 56.6 Å². The summed E-state index contributed by atoms with van der Waals surface area (Å²) < 4.78 is 160. The van der Waals surface area contributed by atoms with Gasteiger partial charge in [-0.25, -0.2) is 24.9 Å². The van der Waals surface area contributed by atoms with E-state index in [4.69, 9.17) is 49.3 Å². The Kier molecular flexibility index (Phi) is 23.0. The Bertz CT molecular complexity index is 4490. The van der Waals surface area contributed by atoms with Crippen LogP contribution in [-0.4, -0.2) is 150 Å². The molecule has 0 bridgehead atoms. The molecule has 0 spiro atoms. The lowest BCUT2D eigenvalue weighted by atomic mass is 9.79. The van der Waals surface area contributed by atoms with Crippen molar-refractivity contribution in [3.63, 3.8) is 0 Å². The van der Waals surface area contributed by atoms with Crippen LogP contribution in [0, 0.1) is 0 Å². The lowest BCUT2D eigenvalue weighted by molar-refractivity contribution is -0.143. The molecule has 3 atom stereocenters. The van der Waals surface area contributed by atoms with Crippen molar-refractivity contribution in [2.45, 2.75) is 137 Å². The number of ether oxygens (including phenoxy) is 6. The second-order valence-corrected chi connectivity index (χ2v) is 25.6. The first-order valence-corrected chi connectivity index (χ1v) is 33.3. The fourth-order valence-electron chi connectivity index (χ4n) is 11.8. The van der Waals surface area contributed by atoms with Gasteiger partial charge in [-0.1, -0.05) is 17.7 Å². The minimum absolute atomic E-state index is 0.257. The summed E-state index contributed by atoms with van der Waals surface area (Å²) in [4.78, 5) is 64.4. The summed E-state index contributed by atoms with van der Waals surface area (Å²) >= 11 is 5.82. The van der Waals surface area contributed by atoms with Crippen molar-refractivity contribution in [1.29, 1.82) is 0 Å². The molecule has 562 valence electrons. The van der Waals surface area contributed by atoms with Crippen LogP contribution in [0.15, 0.2) is 116 Å². The van der Waals surface area contributed by atoms with Gasteiger partial charge in [-0.05, 0) is 135 Å². The molecule has 9 aromatic rings. The number of amides is 3. The van der Waals surface area contributed by atoms with Crippen molar-refractivity contribution in [3.8, 4) is 57.3 Å². The SMILES string of the molecule is CC1c2nc(Cl)ccc2C(=O)N1c1cnn(CC(F)(F)F)c1.CCOc1ccc(B2OC(C)(C)C(C)(C)O2)cc1OC.CCOc1ncc(-c2ccc3c(n2)[C@@H](C)N(c2cnn(CC(F)(F)F)c2)C3=O)cc1OC.CCOc1ncc(-c2ccc3c(n2)[C@H](C)N(c2cnn(CC(F)(F)F)c2)C3=O)cc1OC. The van der Waals surface area contributed by atoms with Crippen LogP contribution in [0.1, 0.15) is 136 Å². The van der Waals surface area contributed by atoms with Crippen molar-refractivity contribution < 1.29 is 91.6 Å². The average Bonchev–Trinajstić information content (AvgIpc) is 1.63. The van der Waals surface area contributed by atoms with Crippen molar-refractivity contribution in [1.82, 2.24) is 54.3 Å². The van der Waals surface area contributed by atoms with Gasteiger partial charge in [-0.3, -0.25) is 43.1 Å². The first-order chi connectivity index (χ1) is 50.0. The molecular formula is C70H73BClF9N14O11. The molecule has 0 aliphatic carbocycles. The zero-order valence-corrected chi connectivity index (χ0v) is 60.3. The summed E-state index contributed by atoms with van der Waals surface area (Å²) in [6.07, 6.45) is -2.67. The van der Waals surface area contributed by atoms with Crippen LogP contribution in [-0.2, 0) is 28.9 Å². The summed E-state index contributed by atoms with van der Waals surface area (Å²) in [5, 5.41) is 11.4. The summed E-state index contributed by atoms with van der Waals surface area (Å²) in [7, 11) is 4.27. The van der Waals surface area contributed by atoms with E-state index < -0.39 is 56.3 Å². The van der Waals surface area contributed by atoms with Gasteiger partial charge >= 0.3 is 25.6 Å². The van der Waals surface area contributed by atoms with Gasteiger partial charge in [0.15, 0.2) is 23.0 Å². The third kappa shape index (κ3) is 17.2. The Hall–Kier alpha value is -10.5. The topological polar surface area (TPSA) is 253 Å². The molecule has 1 unspecified atom stereocenters. The maximum absolute atomic E-state index is 12.9. The van der Waals surface area contributed by atoms with E-state index in [9.17, 15) is 53.9 Å². The highest BCUT2D eigenvalue weighted by molar-refractivity contribution is 6.62. The van der Waals surface area contributed by atoms with Gasteiger partial charge in [-0.2, -0.15) is 54.8 Å². The van der Waals surface area contributed by atoms with Gasteiger partial charge in [-0.15, -0.1) is 0 Å². The number of hydrogen-bond donors (Lipinski definition) is 0. The van der Waals surface area contributed by atoms with Crippen molar-refractivity contribution in [3.05, 3.63) is 155 Å². The predicted octanol–water partition coefficient (Wildman–Crippen LogP) is 13.7. The molecule has 36 heteroatoms. The number of pyridine rings is 5. The van der Waals surface area contributed by atoms with Crippen LogP contribution >= 0.6 is 11.6 Å². The Morgan fingerprint density at radius 2 is 0.830 bits per heavy atom. The fourth-order valence-corrected chi connectivity index (χ4v) is 11.9. The lowest BCUT2D eigenvalue weighted by Crippen LogP contribution is -2.41. The monoisotopic (exact) mass is 1500 g/mol. The first-order valence-electron chi connectivity index (χ1n) is 33.0. The molecule has 0 radical (unpaired) electrons. The molecule has 25 nitrogen and oxygen atoms in total. The zero-order chi connectivity index (χ0) is 77.1. The second kappa shape index (κ2) is 31.3. The van der Waals surface area contributed by atoms with Gasteiger partial charge in [0, 0.05) is 42.1 Å². The molecule has 1 aromatic carbocycles. The van der Waals surface area contributed by atoms with E-state index in [1.807, 2.05) is 66.7 Å². The van der Waals surface area contributed by atoms with Gasteiger partial charge in [0.1, 0.15) is 24.8 Å². The number of carbonyl (C=O) groups is 3. The number of anilines is 3. The third-order valence-corrected chi connectivity index (χ3v) is 17.6. The number of benzene rings is 1. The summed E-state index contributed by atoms with van der Waals surface area (Å²) in [5.74, 6) is 2.04. The largest absolute Gasteiger partial charge is 0.494 e. The quantitative estimate of drug-likeness (QED) is 0.0439. The summed E-state index contributed by atoms with van der Waals surface area (Å²) in [6.45, 7) is 16.9. The number of rotatable bonds is 18. The number of nitrogens with zero attached hydrogens (tertiary/aromatic N) is 14. The number of aromatic nitrogens is 11. The average molecular weight is 1500 g/mol. The van der Waals surface area contributed by atoms with Gasteiger partial charge in [0.2, 0.25) is 0 Å². The van der Waals surface area contributed by atoms with E-state index in [1.54, 1.807) is 82.7 Å². The number of methoxy groups -OCH3 is 3. The van der Waals surface area contributed by atoms with Crippen molar-refractivity contribution in [2.75, 3.05) is 55.8 Å². The van der Waals surface area contributed by atoms with E-state index in [1.165, 1.54) is 72.2 Å². The summed E-state index contributed by atoms with van der Waals surface area (Å²) in [6, 6.07) is 17.6. The number of alkyl halides is 9. The minimum atomic E-state index is -4.41. The highest BCUT2D eigenvalue weighted by Crippen LogP contribution is 2.43. The Morgan fingerprint density at radius 3 is 1.18 bits per heavy atom. The van der Waals surface area contributed by atoms with E-state index >= 15 is 0 Å². The molecule has 0 saturated carbocycles. The molecule has 8 aromatic heterocycles. The number of fused-ring (bicyclic) bond motifs is 3. The number of carbonyl (C=O) groups excluding carboxylic acids is 3. The molecule has 12 heterocycles. The zero-order valence-electron chi connectivity index (χ0n) is 59.6. The van der Waals surface area contributed by atoms with E-state index in [0.29, 0.717) is 105 Å². The van der Waals surface area contributed by atoms with Crippen molar-refractivity contribution >= 4 is 59.0 Å². The molecule has 1 fully saturated rings. The van der Waals surface area contributed by atoms with Crippen LogP contribution < -0.4 is 48.6 Å². The van der Waals surface area contributed by atoms with Crippen molar-refractivity contribution in [2.24, 2.45) is 0 Å². The Balaban J connectivity index is 0.000000154. The Labute approximate surface area is 607 Å². The minimum Gasteiger partial charge on any atom is -0.493 e.